The van der Waals surface area contributed by atoms with Gasteiger partial charge in [-0.05, 0) is 43.5 Å². The summed E-state index contributed by atoms with van der Waals surface area (Å²) in [4.78, 5) is 4.42. The van der Waals surface area contributed by atoms with Gasteiger partial charge in [-0.3, -0.25) is 0 Å². The van der Waals surface area contributed by atoms with Crippen LogP contribution < -0.4 is 5.32 Å². The van der Waals surface area contributed by atoms with Crippen molar-refractivity contribution in [2.45, 2.75) is 40.3 Å². The van der Waals surface area contributed by atoms with E-state index in [1.54, 1.807) is 0 Å². The number of anilines is 1. The van der Waals surface area contributed by atoms with Crippen LogP contribution in [0.1, 0.15) is 30.3 Å². The monoisotopic (exact) mass is 321 g/mol. The Balaban J connectivity index is 2.12. The zero-order valence-corrected chi connectivity index (χ0v) is 13.3. The topological polar surface area (TPSA) is 29.9 Å². The smallest absolute Gasteiger partial charge is 0.128 e. The minimum Gasteiger partial charge on any atom is -0.377 e. The third kappa shape index (κ3) is 3.38. The molecule has 0 radical (unpaired) electrons. The first-order chi connectivity index (χ1) is 9.11. The van der Waals surface area contributed by atoms with Gasteiger partial charge < -0.3 is 9.88 Å². The first kappa shape index (κ1) is 14.1. The Morgan fingerprint density at radius 2 is 1.95 bits per heavy atom. The highest BCUT2D eigenvalue weighted by Gasteiger charge is 2.06. The predicted molar refractivity (Wildman–Crippen MR) is 83.5 cm³/mol. The second kappa shape index (κ2) is 6.24. The number of nitrogens with zero attached hydrogens (tertiary/aromatic N) is 2. The van der Waals surface area contributed by atoms with E-state index in [0.717, 1.165) is 29.8 Å². The average Bonchev–Trinajstić information content (AvgIpc) is 2.76. The van der Waals surface area contributed by atoms with Crippen molar-refractivity contribution in [1.29, 1.82) is 0 Å². The molecule has 0 saturated heterocycles. The van der Waals surface area contributed by atoms with Gasteiger partial charge in [-0.2, -0.15) is 0 Å². The normalized spacial score (nSPS) is 10.7. The van der Waals surface area contributed by atoms with Crippen molar-refractivity contribution in [3.8, 4) is 0 Å². The number of rotatable bonds is 5. The van der Waals surface area contributed by atoms with Gasteiger partial charge in [0.15, 0.2) is 0 Å². The summed E-state index contributed by atoms with van der Waals surface area (Å²) in [7, 11) is 0. The second-order valence-electron chi connectivity index (χ2n) is 4.81. The van der Waals surface area contributed by atoms with Crippen LogP contribution in [0.15, 0.2) is 29.0 Å². The summed E-state index contributed by atoms with van der Waals surface area (Å²) in [5, 5.41) is 3.51. The zero-order chi connectivity index (χ0) is 13.8. The Bertz CT molecular complexity index is 537. The van der Waals surface area contributed by atoms with Crippen molar-refractivity contribution in [2.75, 3.05) is 5.32 Å². The molecule has 1 N–H and O–H groups in total. The molecule has 3 nitrogen and oxygen atoms in total. The molecule has 0 bridgehead atoms. The van der Waals surface area contributed by atoms with Crippen LogP contribution in [-0.4, -0.2) is 9.55 Å². The average molecular weight is 322 g/mol. The molecule has 2 rings (SSSR count). The van der Waals surface area contributed by atoms with Gasteiger partial charge >= 0.3 is 0 Å². The Morgan fingerprint density at radius 1 is 1.26 bits per heavy atom. The molecule has 0 saturated carbocycles. The van der Waals surface area contributed by atoms with Crippen LogP contribution in [0.25, 0.3) is 0 Å². The molecule has 102 valence electrons. The number of aromatic nitrogens is 2. The lowest BCUT2D eigenvalue weighted by molar-refractivity contribution is 0.644. The highest BCUT2D eigenvalue weighted by Crippen LogP contribution is 2.25. The van der Waals surface area contributed by atoms with Gasteiger partial charge in [0.05, 0.1) is 6.54 Å². The molecule has 1 aromatic carbocycles. The standard InChI is InChI=1S/C15H20BrN3/c1-4-6-19-7-5-17-14(19)10-18-15-11(2)8-13(16)9-12(15)3/h5,7-9,18H,4,6,10H2,1-3H3. The molecule has 4 heteroatoms. The molecule has 0 aliphatic heterocycles. The van der Waals surface area contributed by atoms with Gasteiger partial charge in [-0.1, -0.05) is 22.9 Å². The molecular formula is C15H20BrN3. The lowest BCUT2D eigenvalue weighted by Crippen LogP contribution is -2.09. The minimum atomic E-state index is 0.760. The number of halogens is 1. The van der Waals surface area contributed by atoms with Crippen molar-refractivity contribution < 1.29 is 0 Å². The lowest BCUT2D eigenvalue weighted by atomic mass is 10.1. The molecule has 1 aromatic heterocycles. The Labute approximate surface area is 123 Å². The summed E-state index contributed by atoms with van der Waals surface area (Å²) in [6.07, 6.45) is 5.04. The summed E-state index contributed by atoms with van der Waals surface area (Å²) in [6, 6.07) is 4.27. The maximum atomic E-state index is 4.42. The molecule has 0 aliphatic rings. The van der Waals surface area contributed by atoms with E-state index in [-0.39, 0.29) is 0 Å². The Kier molecular flexibility index (Phi) is 4.64. The molecule has 0 aliphatic carbocycles. The van der Waals surface area contributed by atoms with E-state index in [2.05, 4.69) is 63.7 Å². The van der Waals surface area contributed by atoms with Gasteiger partial charge in [0.1, 0.15) is 5.82 Å². The van der Waals surface area contributed by atoms with Gasteiger partial charge in [-0.15, -0.1) is 0 Å². The lowest BCUT2D eigenvalue weighted by Gasteiger charge is -2.14. The van der Waals surface area contributed by atoms with Crippen LogP contribution >= 0.6 is 15.9 Å². The number of benzene rings is 1. The van der Waals surface area contributed by atoms with Gasteiger partial charge in [0.25, 0.3) is 0 Å². The van der Waals surface area contributed by atoms with Crippen LogP contribution in [0.4, 0.5) is 5.69 Å². The molecule has 1 heterocycles. The van der Waals surface area contributed by atoms with Crippen molar-refractivity contribution >= 4 is 21.6 Å². The summed E-state index contributed by atoms with van der Waals surface area (Å²) < 4.78 is 3.33. The van der Waals surface area contributed by atoms with Crippen molar-refractivity contribution in [3.63, 3.8) is 0 Å². The summed E-state index contributed by atoms with van der Waals surface area (Å²) in [5.41, 5.74) is 3.70. The quantitative estimate of drug-likeness (QED) is 0.890. The van der Waals surface area contributed by atoms with Gasteiger partial charge in [0, 0.05) is 29.1 Å². The summed E-state index contributed by atoms with van der Waals surface area (Å²) in [5.74, 6) is 1.09. The fourth-order valence-electron chi connectivity index (χ4n) is 2.31. The van der Waals surface area contributed by atoms with Crippen molar-refractivity contribution in [1.82, 2.24) is 9.55 Å². The number of aryl methyl sites for hydroxylation is 3. The number of hydrogen-bond acceptors (Lipinski definition) is 2. The van der Waals surface area contributed by atoms with Crippen LogP contribution in [-0.2, 0) is 13.1 Å². The molecule has 0 spiro atoms. The highest BCUT2D eigenvalue weighted by atomic mass is 79.9. The van der Waals surface area contributed by atoms with E-state index < -0.39 is 0 Å². The SMILES string of the molecule is CCCn1ccnc1CNc1c(C)cc(Br)cc1C. The molecule has 0 atom stereocenters. The zero-order valence-electron chi connectivity index (χ0n) is 11.7. The fourth-order valence-corrected chi connectivity index (χ4v) is 3.00. The predicted octanol–water partition coefficient (Wildman–Crippen LogP) is 4.28. The third-order valence-corrected chi connectivity index (χ3v) is 3.64. The Morgan fingerprint density at radius 3 is 2.58 bits per heavy atom. The molecule has 2 aromatic rings. The van der Waals surface area contributed by atoms with Gasteiger partial charge in [-0.25, -0.2) is 4.98 Å². The summed E-state index contributed by atoms with van der Waals surface area (Å²) >= 11 is 3.52. The minimum absolute atomic E-state index is 0.760. The number of imidazole rings is 1. The number of hydrogen-bond donors (Lipinski definition) is 1. The molecule has 0 unspecified atom stereocenters. The highest BCUT2D eigenvalue weighted by molar-refractivity contribution is 9.10. The molecule has 0 amide bonds. The van der Waals surface area contributed by atoms with Crippen LogP contribution in [0.2, 0.25) is 0 Å². The maximum Gasteiger partial charge on any atom is 0.128 e. The van der Waals surface area contributed by atoms with Crippen LogP contribution in [0.5, 0.6) is 0 Å². The maximum absolute atomic E-state index is 4.42. The largest absolute Gasteiger partial charge is 0.377 e. The van der Waals surface area contributed by atoms with Gasteiger partial charge in [0.2, 0.25) is 0 Å². The van der Waals surface area contributed by atoms with Crippen molar-refractivity contribution in [3.05, 3.63) is 46.0 Å². The van der Waals surface area contributed by atoms with E-state index in [9.17, 15) is 0 Å². The fraction of sp³-hybridized carbons (Fsp3) is 0.400. The second-order valence-corrected chi connectivity index (χ2v) is 5.72. The van der Waals surface area contributed by atoms with E-state index in [0.29, 0.717) is 0 Å². The van der Waals surface area contributed by atoms with E-state index in [1.807, 2.05) is 12.4 Å². The van der Waals surface area contributed by atoms with Crippen molar-refractivity contribution in [2.24, 2.45) is 0 Å². The summed E-state index contributed by atoms with van der Waals surface area (Å²) in [6.45, 7) is 8.21. The van der Waals surface area contributed by atoms with E-state index in [1.165, 1.54) is 16.8 Å². The van der Waals surface area contributed by atoms with Crippen LogP contribution in [0, 0.1) is 13.8 Å². The molecular weight excluding hydrogens is 302 g/mol. The third-order valence-electron chi connectivity index (χ3n) is 3.19. The number of nitrogens with one attached hydrogen (secondary N) is 1. The van der Waals surface area contributed by atoms with E-state index in [4.69, 9.17) is 0 Å². The Hall–Kier alpha value is -1.29. The van der Waals surface area contributed by atoms with E-state index >= 15 is 0 Å². The molecule has 19 heavy (non-hydrogen) atoms. The first-order valence-electron chi connectivity index (χ1n) is 6.62. The molecule has 0 fully saturated rings. The van der Waals surface area contributed by atoms with Crippen LogP contribution in [0.3, 0.4) is 0 Å². The first-order valence-corrected chi connectivity index (χ1v) is 7.41.